The van der Waals surface area contributed by atoms with Crippen molar-refractivity contribution in [1.29, 1.82) is 0 Å². The minimum atomic E-state index is -4.11. The molecule has 0 aliphatic heterocycles. The molecule has 0 fully saturated rings. The lowest BCUT2D eigenvalue weighted by Gasteiger charge is -2.24. The van der Waals surface area contributed by atoms with E-state index in [1.807, 2.05) is 0 Å². The van der Waals surface area contributed by atoms with Gasteiger partial charge in [0.1, 0.15) is 6.54 Å². The Morgan fingerprint density at radius 2 is 1.59 bits per heavy atom. The number of anilines is 1. The smallest absolute Gasteiger partial charge is 0.336 e. The molecule has 10 heteroatoms. The number of para-hydroxylation sites is 1. The molecular weight excluding hydrogens is 454 g/mol. The first-order valence-electron chi connectivity index (χ1n) is 9.27. The summed E-state index contributed by atoms with van der Waals surface area (Å²) in [6, 6.07) is 20.0. The highest BCUT2D eigenvalue weighted by Gasteiger charge is 2.28. The third-order valence-corrected chi connectivity index (χ3v) is 6.42. The van der Waals surface area contributed by atoms with Gasteiger partial charge in [0.15, 0.2) is 0 Å². The van der Waals surface area contributed by atoms with Crippen LogP contribution in [0.1, 0.15) is 15.9 Å². The van der Waals surface area contributed by atoms with Gasteiger partial charge < -0.3 is 5.11 Å². The highest BCUT2D eigenvalue weighted by molar-refractivity contribution is 7.92. The van der Waals surface area contributed by atoms with Crippen molar-refractivity contribution in [3.05, 3.63) is 95.0 Å². The normalized spacial score (nSPS) is 11.3. The topological polar surface area (TPSA) is 116 Å². The minimum absolute atomic E-state index is 0.00777. The Labute approximate surface area is 189 Å². The van der Waals surface area contributed by atoms with Gasteiger partial charge in [-0.1, -0.05) is 60.1 Å². The van der Waals surface area contributed by atoms with Crippen molar-refractivity contribution >= 4 is 45.4 Å². The molecule has 0 saturated carbocycles. The maximum Gasteiger partial charge on any atom is 0.336 e. The molecule has 3 rings (SSSR count). The lowest BCUT2D eigenvalue weighted by Crippen LogP contribution is -2.39. The highest BCUT2D eigenvalue weighted by atomic mass is 35.5. The number of hydrogen-bond donors (Lipinski definition) is 2. The molecule has 0 aliphatic rings. The van der Waals surface area contributed by atoms with Crippen LogP contribution in [0, 0.1) is 0 Å². The molecule has 0 bridgehead atoms. The fraction of sp³-hybridized carbons (Fsp3) is 0.0455. The lowest BCUT2D eigenvalue weighted by atomic mass is 10.1. The summed E-state index contributed by atoms with van der Waals surface area (Å²) in [5.74, 6) is -1.88. The highest BCUT2D eigenvalue weighted by Crippen LogP contribution is 2.30. The van der Waals surface area contributed by atoms with Crippen LogP contribution in [0.5, 0.6) is 0 Å². The van der Waals surface area contributed by atoms with Gasteiger partial charge in [0.05, 0.1) is 27.4 Å². The van der Waals surface area contributed by atoms with Crippen LogP contribution in [0.4, 0.5) is 5.69 Å². The van der Waals surface area contributed by atoms with Gasteiger partial charge >= 0.3 is 5.97 Å². The second-order valence-electron chi connectivity index (χ2n) is 6.46. The van der Waals surface area contributed by atoms with E-state index in [0.717, 1.165) is 4.31 Å². The number of nitrogens with one attached hydrogen (secondary N) is 1. The fourth-order valence-corrected chi connectivity index (χ4v) is 4.57. The van der Waals surface area contributed by atoms with Gasteiger partial charge in [0.2, 0.25) is 0 Å². The first-order valence-corrected chi connectivity index (χ1v) is 11.1. The van der Waals surface area contributed by atoms with Crippen LogP contribution in [-0.2, 0) is 14.8 Å². The first kappa shape index (κ1) is 23.0. The van der Waals surface area contributed by atoms with Crippen LogP contribution >= 0.6 is 11.6 Å². The number of benzene rings is 3. The van der Waals surface area contributed by atoms with E-state index in [9.17, 15) is 23.1 Å². The Kier molecular flexibility index (Phi) is 7.24. The molecule has 0 radical (unpaired) electrons. The van der Waals surface area contributed by atoms with E-state index >= 15 is 0 Å². The summed E-state index contributed by atoms with van der Waals surface area (Å²) in [4.78, 5) is 23.8. The van der Waals surface area contributed by atoms with Gasteiger partial charge in [0, 0.05) is 5.56 Å². The molecule has 3 aromatic carbocycles. The van der Waals surface area contributed by atoms with Gasteiger partial charge in [-0.25, -0.2) is 18.6 Å². The molecule has 2 N–H and O–H groups in total. The van der Waals surface area contributed by atoms with E-state index in [1.165, 1.54) is 42.6 Å². The van der Waals surface area contributed by atoms with E-state index in [2.05, 4.69) is 10.5 Å². The standard InChI is InChI=1S/C22H18ClN3O5S/c23-19-12-6-7-13-20(19)26(32(30,31)17-9-2-1-3-10-17)15-21(27)25-24-14-16-8-4-5-11-18(16)22(28)29/h1-14H,15H2,(H,25,27)(H,28,29). The number of nitrogens with zero attached hydrogens (tertiary/aromatic N) is 2. The van der Waals surface area contributed by atoms with Crippen molar-refractivity contribution in [2.75, 3.05) is 10.8 Å². The van der Waals surface area contributed by atoms with Crippen molar-refractivity contribution in [2.45, 2.75) is 4.90 Å². The number of hydrazone groups is 1. The maximum atomic E-state index is 13.2. The zero-order chi connectivity index (χ0) is 23.1. The number of rotatable bonds is 8. The average molecular weight is 472 g/mol. The van der Waals surface area contributed by atoms with Crippen molar-refractivity contribution in [3.8, 4) is 0 Å². The molecule has 1 amide bonds. The van der Waals surface area contributed by atoms with Gasteiger partial charge in [-0.15, -0.1) is 0 Å². The average Bonchev–Trinajstić information content (AvgIpc) is 2.79. The first-order chi connectivity index (χ1) is 15.3. The van der Waals surface area contributed by atoms with Crippen molar-refractivity contribution in [2.24, 2.45) is 5.10 Å². The van der Waals surface area contributed by atoms with E-state index in [4.69, 9.17) is 11.6 Å². The molecule has 3 aromatic rings. The molecule has 8 nitrogen and oxygen atoms in total. The summed E-state index contributed by atoms with van der Waals surface area (Å²) in [6.07, 6.45) is 1.17. The number of aromatic carboxylic acids is 1. The lowest BCUT2D eigenvalue weighted by molar-refractivity contribution is -0.119. The number of carboxylic acids is 1. The maximum absolute atomic E-state index is 13.2. The largest absolute Gasteiger partial charge is 0.478 e. The summed E-state index contributed by atoms with van der Waals surface area (Å²) in [5, 5.41) is 13.1. The SMILES string of the molecule is O=C(CN(c1ccccc1Cl)S(=O)(=O)c1ccccc1)NN=Cc1ccccc1C(=O)O. The van der Waals surface area contributed by atoms with Crippen LogP contribution in [0.3, 0.4) is 0 Å². The van der Waals surface area contributed by atoms with E-state index in [0.29, 0.717) is 0 Å². The Morgan fingerprint density at radius 3 is 2.28 bits per heavy atom. The second-order valence-corrected chi connectivity index (χ2v) is 8.73. The van der Waals surface area contributed by atoms with Crippen molar-refractivity contribution in [1.82, 2.24) is 5.43 Å². The van der Waals surface area contributed by atoms with Gasteiger partial charge in [-0.3, -0.25) is 9.10 Å². The van der Waals surface area contributed by atoms with Crippen molar-refractivity contribution < 1.29 is 23.1 Å². The number of carboxylic acid groups (broad SMARTS) is 1. The fourth-order valence-electron chi connectivity index (χ4n) is 2.82. The van der Waals surface area contributed by atoms with Crippen LogP contribution in [0.15, 0.2) is 88.9 Å². The molecule has 0 saturated heterocycles. The number of carbonyl (C=O) groups is 2. The molecule has 0 atom stereocenters. The zero-order valence-electron chi connectivity index (χ0n) is 16.6. The second kappa shape index (κ2) is 10.1. The van der Waals surface area contributed by atoms with E-state index < -0.39 is 28.4 Å². The minimum Gasteiger partial charge on any atom is -0.478 e. The number of halogens is 1. The summed E-state index contributed by atoms with van der Waals surface area (Å²) in [6.45, 7) is -0.598. The number of hydrogen-bond acceptors (Lipinski definition) is 5. The summed E-state index contributed by atoms with van der Waals surface area (Å²) in [5.41, 5.74) is 2.65. The predicted molar refractivity (Wildman–Crippen MR) is 122 cm³/mol. The van der Waals surface area contributed by atoms with Gasteiger partial charge in [-0.2, -0.15) is 5.10 Å². The Bertz CT molecular complexity index is 1260. The van der Waals surface area contributed by atoms with Crippen LogP contribution in [0.25, 0.3) is 0 Å². The third-order valence-electron chi connectivity index (χ3n) is 4.32. The quantitative estimate of drug-likeness (QED) is 0.386. The number of carbonyl (C=O) groups excluding carboxylic acids is 1. The van der Waals surface area contributed by atoms with Crippen LogP contribution in [0.2, 0.25) is 5.02 Å². The molecule has 0 spiro atoms. The predicted octanol–water partition coefficient (Wildman–Crippen LogP) is 3.38. The third kappa shape index (κ3) is 5.32. The molecule has 164 valence electrons. The summed E-state index contributed by atoms with van der Waals surface area (Å²) < 4.78 is 27.3. The van der Waals surface area contributed by atoms with Crippen LogP contribution < -0.4 is 9.73 Å². The Hall–Kier alpha value is -3.69. The molecule has 32 heavy (non-hydrogen) atoms. The van der Waals surface area contributed by atoms with E-state index in [-0.39, 0.29) is 26.7 Å². The summed E-state index contributed by atoms with van der Waals surface area (Å²) >= 11 is 6.20. The van der Waals surface area contributed by atoms with Crippen LogP contribution in [-0.4, -0.2) is 38.2 Å². The van der Waals surface area contributed by atoms with Crippen molar-refractivity contribution in [3.63, 3.8) is 0 Å². The Balaban J connectivity index is 1.85. The van der Waals surface area contributed by atoms with E-state index in [1.54, 1.807) is 42.5 Å². The monoisotopic (exact) mass is 471 g/mol. The number of amides is 1. The molecular formula is C22H18ClN3O5S. The van der Waals surface area contributed by atoms with Gasteiger partial charge in [0.25, 0.3) is 15.9 Å². The zero-order valence-corrected chi connectivity index (χ0v) is 18.1. The Morgan fingerprint density at radius 1 is 0.969 bits per heavy atom. The molecule has 0 aliphatic carbocycles. The molecule has 0 unspecified atom stereocenters. The molecule has 0 aromatic heterocycles. The summed E-state index contributed by atoms with van der Waals surface area (Å²) in [7, 11) is -4.11. The van der Waals surface area contributed by atoms with Gasteiger partial charge in [-0.05, 0) is 30.3 Å². The molecule has 0 heterocycles. The number of sulfonamides is 1.